The van der Waals surface area contributed by atoms with Gasteiger partial charge < -0.3 is 9.88 Å². The topological polar surface area (TPSA) is 68.5 Å². The van der Waals surface area contributed by atoms with Gasteiger partial charge in [0.25, 0.3) is 0 Å². The van der Waals surface area contributed by atoms with Gasteiger partial charge in [-0.2, -0.15) is 0 Å². The minimum absolute atomic E-state index is 0.0413. The van der Waals surface area contributed by atoms with Crippen LogP contribution in [0.2, 0.25) is 0 Å². The Hall–Kier alpha value is -8.48. The van der Waals surface area contributed by atoms with Gasteiger partial charge in [-0.25, -0.2) is 19.9 Å². The maximum Gasteiger partial charge on any atom is 0.163 e. The lowest BCUT2D eigenvalue weighted by molar-refractivity contribution is 0.764. The highest BCUT2D eigenvalue weighted by Crippen LogP contribution is 2.43. The Morgan fingerprint density at radius 3 is 1.84 bits per heavy atom. The predicted octanol–water partition coefficient (Wildman–Crippen LogP) is 14.7. The predicted molar refractivity (Wildman–Crippen MR) is 264 cm³/mol. The van der Waals surface area contributed by atoms with Crippen molar-refractivity contribution in [2.24, 2.45) is 0 Å². The fourth-order valence-electron chi connectivity index (χ4n) is 9.27. The van der Waals surface area contributed by atoms with Gasteiger partial charge in [-0.3, -0.25) is 0 Å². The molecule has 6 heteroatoms. The Balaban J connectivity index is 0.991. The number of rotatable bonds is 8. The number of pyridine rings is 1. The third-order valence-electron chi connectivity index (χ3n) is 12.3. The van der Waals surface area contributed by atoms with Gasteiger partial charge in [-0.1, -0.05) is 176 Å². The molecule has 1 aliphatic carbocycles. The summed E-state index contributed by atoms with van der Waals surface area (Å²) in [5.41, 5.74) is 12.4. The number of nitrogens with zero attached hydrogens (tertiary/aromatic N) is 5. The van der Waals surface area contributed by atoms with Gasteiger partial charge in [-0.05, 0) is 54.4 Å². The van der Waals surface area contributed by atoms with Crippen LogP contribution in [0.5, 0.6) is 0 Å². The summed E-state index contributed by atoms with van der Waals surface area (Å²) in [6, 6.07) is 68.1. The van der Waals surface area contributed by atoms with E-state index in [1.54, 1.807) is 0 Å². The second-order valence-electron chi connectivity index (χ2n) is 16.2. The Morgan fingerprint density at radius 2 is 1.11 bits per heavy atom. The van der Waals surface area contributed by atoms with E-state index in [2.05, 4.69) is 216 Å². The zero-order chi connectivity index (χ0) is 42.4. The summed E-state index contributed by atoms with van der Waals surface area (Å²) in [5, 5.41) is 9.61. The number of anilines is 2. The number of fused-ring (bicyclic) bond motifs is 6. The van der Waals surface area contributed by atoms with E-state index in [4.69, 9.17) is 19.9 Å². The van der Waals surface area contributed by atoms with Gasteiger partial charge in [0, 0.05) is 66.5 Å². The highest BCUT2D eigenvalue weighted by Gasteiger charge is 2.21. The molecule has 64 heavy (non-hydrogen) atoms. The van der Waals surface area contributed by atoms with Gasteiger partial charge in [0.1, 0.15) is 5.82 Å². The molecule has 0 fully saturated rings. The smallest absolute Gasteiger partial charge is 0.163 e. The molecule has 11 aromatic rings. The number of hydrogen-bond acceptors (Lipinski definition) is 5. The largest absolute Gasteiger partial charge is 0.354 e. The number of para-hydroxylation sites is 4. The van der Waals surface area contributed by atoms with Gasteiger partial charge in [-0.15, -0.1) is 0 Å². The first-order valence-corrected chi connectivity index (χ1v) is 21.8. The number of hydrogen-bond donors (Lipinski definition) is 1. The third-order valence-corrected chi connectivity index (χ3v) is 12.3. The normalized spacial score (nSPS) is 13.6. The number of nitrogens with one attached hydrogen (secondary N) is 1. The van der Waals surface area contributed by atoms with Crippen molar-refractivity contribution in [1.29, 1.82) is 0 Å². The van der Waals surface area contributed by atoms with Crippen LogP contribution in [0, 0.1) is 0 Å². The molecule has 0 saturated heterocycles. The van der Waals surface area contributed by atoms with E-state index in [0.29, 0.717) is 11.6 Å². The molecule has 1 unspecified atom stereocenters. The summed E-state index contributed by atoms with van der Waals surface area (Å²) in [6.45, 7) is 0. The minimum atomic E-state index is 0.0413. The Bertz CT molecular complexity index is 3560. The van der Waals surface area contributed by atoms with Crippen molar-refractivity contribution in [2.75, 3.05) is 5.32 Å². The van der Waals surface area contributed by atoms with E-state index < -0.39 is 0 Å². The Kier molecular flexibility index (Phi) is 9.19. The van der Waals surface area contributed by atoms with Crippen LogP contribution in [-0.2, 0) is 0 Å². The van der Waals surface area contributed by atoms with Crippen molar-refractivity contribution >= 4 is 54.9 Å². The SMILES string of the molecule is C1=CCC(c2nc(-c3ccc(-c4ccc5c(-c6ccccc6)nc6ccccc6c5c4Nc4ccccc4)cc3)nc(-c3cccc(-n4c5ccccc5c5ccccc54)c3)n2)C=C1. The van der Waals surface area contributed by atoms with Crippen LogP contribution in [0.3, 0.4) is 0 Å². The highest BCUT2D eigenvalue weighted by molar-refractivity contribution is 6.19. The summed E-state index contributed by atoms with van der Waals surface area (Å²) >= 11 is 0. The van der Waals surface area contributed by atoms with E-state index in [-0.39, 0.29) is 5.92 Å². The van der Waals surface area contributed by atoms with Crippen LogP contribution < -0.4 is 5.32 Å². The van der Waals surface area contributed by atoms with E-state index in [0.717, 1.165) is 95.5 Å². The van der Waals surface area contributed by atoms with E-state index in [1.165, 1.54) is 10.8 Å². The Morgan fingerprint density at radius 1 is 0.469 bits per heavy atom. The average Bonchev–Trinajstić information content (AvgIpc) is 3.71. The average molecular weight is 821 g/mol. The molecule has 1 atom stereocenters. The van der Waals surface area contributed by atoms with Crippen LogP contribution in [-0.4, -0.2) is 24.5 Å². The van der Waals surface area contributed by atoms with Crippen LogP contribution in [0.15, 0.2) is 218 Å². The molecule has 1 N–H and O–H groups in total. The molecule has 0 bridgehead atoms. The molecule has 0 radical (unpaired) electrons. The zero-order valence-electron chi connectivity index (χ0n) is 34.8. The summed E-state index contributed by atoms with van der Waals surface area (Å²) < 4.78 is 2.33. The number of aromatic nitrogens is 5. The van der Waals surface area contributed by atoms with Crippen molar-refractivity contribution in [3.63, 3.8) is 0 Å². The van der Waals surface area contributed by atoms with Gasteiger partial charge in [0.2, 0.25) is 0 Å². The summed E-state index contributed by atoms with van der Waals surface area (Å²) in [7, 11) is 0. The first kappa shape index (κ1) is 37.3. The Labute approximate surface area is 370 Å². The van der Waals surface area contributed by atoms with Gasteiger partial charge in [0.05, 0.1) is 27.9 Å². The monoisotopic (exact) mass is 820 g/mol. The lowest BCUT2D eigenvalue weighted by Crippen LogP contribution is -2.08. The van der Waals surface area contributed by atoms with E-state index in [9.17, 15) is 0 Å². The molecule has 0 spiro atoms. The van der Waals surface area contributed by atoms with Gasteiger partial charge in [0.15, 0.2) is 11.6 Å². The first-order valence-electron chi connectivity index (χ1n) is 21.8. The van der Waals surface area contributed by atoms with Crippen molar-refractivity contribution in [2.45, 2.75) is 12.3 Å². The molecule has 8 aromatic carbocycles. The number of allylic oxidation sites excluding steroid dienone is 4. The third kappa shape index (κ3) is 6.60. The molecule has 0 aliphatic heterocycles. The van der Waals surface area contributed by atoms with Crippen molar-refractivity contribution < 1.29 is 0 Å². The molecule has 0 amide bonds. The van der Waals surface area contributed by atoms with Crippen LogP contribution in [0.1, 0.15) is 18.2 Å². The molecule has 3 heterocycles. The molecule has 0 saturated carbocycles. The van der Waals surface area contributed by atoms with Crippen LogP contribution in [0.4, 0.5) is 11.4 Å². The highest BCUT2D eigenvalue weighted by atomic mass is 15.0. The zero-order valence-corrected chi connectivity index (χ0v) is 34.8. The van der Waals surface area contributed by atoms with Crippen molar-refractivity contribution in [1.82, 2.24) is 24.5 Å². The first-order chi connectivity index (χ1) is 31.7. The number of benzene rings is 8. The molecular formula is C58H40N6. The van der Waals surface area contributed by atoms with Crippen LogP contribution in [0.25, 0.3) is 94.3 Å². The minimum Gasteiger partial charge on any atom is -0.354 e. The van der Waals surface area contributed by atoms with Crippen molar-refractivity contribution in [3.8, 4) is 50.8 Å². The summed E-state index contributed by atoms with van der Waals surface area (Å²) in [6.07, 6.45) is 9.36. The fraction of sp³-hybridized carbons (Fsp3) is 0.0345. The molecule has 3 aromatic heterocycles. The van der Waals surface area contributed by atoms with Gasteiger partial charge >= 0.3 is 0 Å². The lowest BCUT2D eigenvalue weighted by atomic mass is 9.93. The van der Waals surface area contributed by atoms with Crippen molar-refractivity contribution in [3.05, 3.63) is 224 Å². The lowest BCUT2D eigenvalue weighted by Gasteiger charge is -2.19. The summed E-state index contributed by atoms with van der Waals surface area (Å²) in [4.78, 5) is 20.8. The van der Waals surface area contributed by atoms with Crippen LogP contribution >= 0.6 is 0 Å². The quantitative estimate of drug-likeness (QED) is 0.155. The maximum absolute atomic E-state index is 5.22. The fourth-order valence-corrected chi connectivity index (χ4v) is 9.27. The second-order valence-corrected chi connectivity index (χ2v) is 16.2. The second kappa shape index (κ2) is 15.8. The van der Waals surface area contributed by atoms with E-state index >= 15 is 0 Å². The molecule has 302 valence electrons. The maximum atomic E-state index is 5.22. The van der Waals surface area contributed by atoms with E-state index in [1.807, 2.05) is 12.1 Å². The molecule has 12 rings (SSSR count). The molecule has 6 nitrogen and oxygen atoms in total. The molecule has 1 aliphatic rings. The molecular weight excluding hydrogens is 781 g/mol. The summed E-state index contributed by atoms with van der Waals surface area (Å²) in [5.74, 6) is 2.08. The standard InChI is InChI=1S/C58H40N6/c1-4-17-39(18-5-1)54-49-36-35-45(55(59-43-22-8-3-9-23-43)53(49)48-27-10-13-28-50(48)60-54)38-31-33-41(34-32-38)57-61-56(40-19-6-2-7-20-40)62-58(63-57)42-21-16-24-44(37-42)64-51-29-14-11-25-46(51)47-26-12-15-30-52(47)64/h1-19,21-37,40,59H,20H2.